The van der Waals surface area contributed by atoms with E-state index in [1.807, 2.05) is 0 Å². The number of aldehydes is 1. The highest BCUT2D eigenvalue weighted by molar-refractivity contribution is 5.92. The molecule has 0 spiro atoms. The number of aliphatic hydroxyl groups is 1. The van der Waals surface area contributed by atoms with Crippen molar-refractivity contribution in [3.63, 3.8) is 0 Å². The normalized spacial score (nSPS) is 36.8. The lowest BCUT2D eigenvalue weighted by molar-refractivity contribution is -0.182. The monoisotopic (exact) mass is 360 g/mol. The van der Waals surface area contributed by atoms with E-state index in [-0.39, 0.29) is 11.1 Å². The van der Waals surface area contributed by atoms with E-state index in [2.05, 4.69) is 19.7 Å². The average Bonchev–Trinajstić information content (AvgIpc) is 2.93. The SMILES string of the molecule is C=CC1(C)C(O)C2OC(=O)C(=C)C2C(OC(=O)C(C)=CC)C1C(=C)C=O. The molecule has 1 aliphatic carbocycles. The third-order valence-electron chi connectivity index (χ3n) is 5.55. The third-order valence-corrected chi connectivity index (χ3v) is 5.55. The Kier molecular flexibility index (Phi) is 5.37. The van der Waals surface area contributed by atoms with Crippen LogP contribution in [0.2, 0.25) is 0 Å². The summed E-state index contributed by atoms with van der Waals surface area (Å²) in [6, 6.07) is 0. The molecule has 6 unspecified atom stereocenters. The number of allylic oxidation sites excluding steroid dienone is 1. The van der Waals surface area contributed by atoms with Crippen LogP contribution >= 0.6 is 0 Å². The first-order valence-electron chi connectivity index (χ1n) is 8.33. The molecule has 6 atom stereocenters. The molecule has 1 aliphatic heterocycles. The van der Waals surface area contributed by atoms with Crippen molar-refractivity contribution in [1.82, 2.24) is 0 Å². The first-order valence-corrected chi connectivity index (χ1v) is 8.33. The van der Waals surface area contributed by atoms with E-state index in [0.717, 1.165) is 0 Å². The largest absolute Gasteiger partial charge is 0.458 e. The van der Waals surface area contributed by atoms with Crippen molar-refractivity contribution in [2.24, 2.45) is 17.3 Å². The molecule has 1 saturated carbocycles. The van der Waals surface area contributed by atoms with Crippen molar-refractivity contribution in [2.45, 2.75) is 39.1 Å². The molecule has 2 rings (SSSR count). The lowest BCUT2D eigenvalue weighted by Crippen LogP contribution is -2.60. The molecule has 6 nitrogen and oxygen atoms in total. The van der Waals surface area contributed by atoms with E-state index in [4.69, 9.17) is 9.47 Å². The molecule has 0 aromatic heterocycles. The van der Waals surface area contributed by atoms with E-state index in [0.29, 0.717) is 11.9 Å². The van der Waals surface area contributed by atoms with Gasteiger partial charge in [0.1, 0.15) is 24.6 Å². The van der Waals surface area contributed by atoms with Gasteiger partial charge in [0.25, 0.3) is 0 Å². The number of fused-ring (bicyclic) bond motifs is 1. The molecule has 1 saturated heterocycles. The zero-order chi connectivity index (χ0) is 19.8. The summed E-state index contributed by atoms with van der Waals surface area (Å²) in [5, 5.41) is 10.9. The minimum atomic E-state index is -1.16. The van der Waals surface area contributed by atoms with Gasteiger partial charge in [-0.1, -0.05) is 32.2 Å². The fraction of sp³-hybridized carbons (Fsp3) is 0.450. The molecule has 0 radical (unpaired) electrons. The molecule has 2 fully saturated rings. The summed E-state index contributed by atoms with van der Waals surface area (Å²) in [6.07, 6.45) is 0.573. The zero-order valence-electron chi connectivity index (χ0n) is 15.2. The number of rotatable bonds is 5. The van der Waals surface area contributed by atoms with Crippen LogP contribution in [0.25, 0.3) is 0 Å². The maximum atomic E-state index is 12.4. The summed E-state index contributed by atoms with van der Waals surface area (Å²) in [4.78, 5) is 35.9. The molecule has 1 N–H and O–H groups in total. The Morgan fingerprint density at radius 2 is 2.04 bits per heavy atom. The molecular weight excluding hydrogens is 336 g/mol. The number of hydrogen-bond acceptors (Lipinski definition) is 6. The minimum absolute atomic E-state index is 0.0970. The molecule has 1 heterocycles. The van der Waals surface area contributed by atoms with Gasteiger partial charge in [-0.15, -0.1) is 6.58 Å². The predicted molar refractivity (Wildman–Crippen MR) is 94.8 cm³/mol. The number of esters is 2. The van der Waals surface area contributed by atoms with Gasteiger partial charge in [-0.25, -0.2) is 9.59 Å². The summed E-state index contributed by atoms with van der Waals surface area (Å²) in [6.45, 7) is 16.2. The molecule has 0 aromatic rings. The fourth-order valence-corrected chi connectivity index (χ4v) is 3.76. The Morgan fingerprint density at radius 3 is 2.54 bits per heavy atom. The van der Waals surface area contributed by atoms with Crippen LogP contribution in [-0.4, -0.2) is 41.6 Å². The quantitative estimate of drug-likeness (QED) is 0.349. The van der Waals surface area contributed by atoms with Crippen molar-refractivity contribution in [3.05, 3.63) is 48.6 Å². The van der Waals surface area contributed by atoms with Crippen LogP contribution in [0.3, 0.4) is 0 Å². The van der Waals surface area contributed by atoms with Crippen LogP contribution in [0.4, 0.5) is 0 Å². The molecule has 26 heavy (non-hydrogen) atoms. The second-order valence-corrected chi connectivity index (χ2v) is 6.95. The number of aliphatic hydroxyl groups excluding tert-OH is 1. The fourth-order valence-electron chi connectivity index (χ4n) is 3.76. The smallest absolute Gasteiger partial charge is 0.334 e. The summed E-state index contributed by atoms with van der Waals surface area (Å²) in [5.41, 5.74) is -0.495. The van der Waals surface area contributed by atoms with Crippen LogP contribution in [0, 0.1) is 17.3 Å². The molecule has 0 bridgehead atoms. The molecule has 0 amide bonds. The Balaban J connectivity index is 2.61. The highest BCUT2D eigenvalue weighted by atomic mass is 16.6. The van der Waals surface area contributed by atoms with Gasteiger partial charge in [-0.3, -0.25) is 4.79 Å². The Hall–Kier alpha value is -2.47. The molecule has 2 aliphatic rings. The van der Waals surface area contributed by atoms with E-state index < -0.39 is 47.5 Å². The lowest BCUT2D eigenvalue weighted by atomic mass is 9.57. The summed E-state index contributed by atoms with van der Waals surface area (Å²) in [5.74, 6) is -2.81. The second-order valence-electron chi connectivity index (χ2n) is 6.95. The van der Waals surface area contributed by atoms with Crippen LogP contribution in [0.1, 0.15) is 20.8 Å². The van der Waals surface area contributed by atoms with Gasteiger partial charge in [-0.05, 0) is 19.4 Å². The second kappa shape index (κ2) is 7.03. The Bertz CT molecular complexity index is 718. The van der Waals surface area contributed by atoms with Crippen molar-refractivity contribution in [3.8, 4) is 0 Å². The lowest BCUT2D eigenvalue weighted by Gasteiger charge is -2.51. The number of ether oxygens (including phenoxy) is 2. The highest BCUT2D eigenvalue weighted by Gasteiger charge is 2.63. The van der Waals surface area contributed by atoms with Gasteiger partial charge in [0.15, 0.2) is 0 Å². The highest BCUT2D eigenvalue weighted by Crippen LogP contribution is 2.53. The van der Waals surface area contributed by atoms with Gasteiger partial charge < -0.3 is 14.6 Å². The maximum absolute atomic E-state index is 12.4. The van der Waals surface area contributed by atoms with Gasteiger partial charge in [0.05, 0.1) is 5.92 Å². The molecule has 6 heteroatoms. The summed E-state index contributed by atoms with van der Waals surface area (Å²) >= 11 is 0. The van der Waals surface area contributed by atoms with Gasteiger partial charge >= 0.3 is 11.9 Å². The topological polar surface area (TPSA) is 89.9 Å². The zero-order valence-corrected chi connectivity index (χ0v) is 15.2. The van der Waals surface area contributed by atoms with Gasteiger partial charge in [-0.2, -0.15) is 0 Å². The maximum Gasteiger partial charge on any atom is 0.334 e. The standard InChI is InChI=1S/C20H24O6/c1-7-10(3)18(23)25-15-13-12(5)19(24)26-16(13)17(22)20(6,8-2)14(15)11(4)9-21/h7-9,13-17,22H,2,4-5H2,1,3,6H3. The van der Waals surface area contributed by atoms with Crippen molar-refractivity contribution in [1.29, 1.82) is 0 Å². The van der Waals surface area contributed by atoms with Crippen molar-refractivity contribution in [2.75, 3.05) is 0 Å². The average molecular weight is 360 g/mol. The summed E-state index contributed by atoms with van der Waals surface area (Å²) < 4.78 is 11.0. The van der Waals surface area contributed by atoms with E-state index in [1.54, 1.807) is 26.8 Å². The van der Waals surface area contributed by atoms with Crippen LogP contribution in [0.15, 0.2) is 48.6 Å². The molecule has 140 valence electrons. The first kappa shape index (κ1) is 19.8. The Morgan fingerprint density at radius 1 is 1.42 bits per heavy atom. The van der Waals surface area contributed by atoms with Crippen LogP contribution in [-0.2, 0) is 23.9 Å². The van der Waals surface area contributed by atoms with E-state index >= 15 is 0 Å². The Labute approximate surface area is 152 Å². The minimum Gasteiger partial charge on any atom is -0.458 e. The number of hydrogen-bond donors (Lipinski definition) is 1. The van der Waals surface area contributed by atoms with Crippen molar-refractivity contribution < 1.29 is 29.0 Å². The van der Waals surface area contributed by atoms with Gasteiger partial charge in [0.2, 0.25) is 0 Å². The third kappa shape index (κ3) is 2.84. The molecular formula is C20H24O6. The van der Waals surface area contributed by atoms with Gasteiger partial charge in [0, 0.05) is 22.5 Å². The number of carbonyl (C=O) groups excluding carboxylic acids is 3. The summed E-state index contributed by atoms with van der Waals surface area (Å²) in [7, 11) is 0. The predicted octanol–water partition coefficient (Wildman–Crippen LogP) is 1.90. The number of carbonyl (C=O) groups is 3. The first-order chi connectivity index (χ1) is 12.1. The van der Waals surface area contributed by atoms with Crippen LogP contribution < -0.4 is 0 Å². The van der Waals surface area contributed by atoms with Crippen molar-refractivity contribution >= 4 is 18.2 Å². The van der Waals surface area contributed by atoms with E-state index in [9.17, 15) is 19.5 Å². The molecule has 0 aromatic carbocycles. The van der Waals surface area contributed by atoms with Crippen LogP contribution in [0.5, 0.6) is 0 Å². The van der Waals surface area contributed by atoms with E-state index in [1.165, 1.54) is 6.08 Å².